The highest BCUT2D eigenvalue weighted by molar-refractivity contribution is 5.95. The van der Waals surface area contributed by atoms with Gasteiger partial charge in [-0.1, -0.05) is 0 Å². The van der Waals surface area contributed by atoms with E-state index in [1.54, 1.807) is 36.0 Å². The summed E-state index contributed by atoms with van der Waals surface area (Å²) in [5.41, 5.74) is 7.45. The summed E-state index contributed by atoms with van der Waals surface area (Å²) in [4.78, 5) is 27.2. The van der Waals surface area contributed by atoms with Crippen LogP contribution in [0.25, 0.3) is 10.9 Å². The van der Waals surface area contributed by atoms with Crippen LogP contribution in [-0.4, -0.2) is 21.4 Å². The molecule has 0 aliphatic carbocycles. The zero-order valence-corrected chi connectivity index (χ0v) is 13.3. The minimum Gasteiger partial charge on any atom is -0.358 e. The van der Waals surface area contributed by atoms with Gasteiger partial charge < -0.3 is 9.55 Å². The smallest absolute Gasteiger partial charge is 0.286 e. The highest BCUT2D eigenvalue weighted by atomic mass is 19.1. The molecule has 6 nitrogen and oxygen atoms in total. The summed E-state index contributed by atoms with van der Waals surface area (Å²) >= 11 is 0. The van der Waals surface area contributed by atoms with Crippen molar-refractivity contribution in [2.75, 3.05) is 0 Å². The Morgan fingerprint density at radius 1 is 1.25 bits per heavy atom. The van der Waals surface area contributed by atoms with Gasteiger partial charge in [-0.2, -0.15) is 0 Å². The Labute approximate surface area is 137 Å². The molecule has 2 aromatic heterocycles. The Balaban J connectivity index is 1.69. The summed E-state index contributed by atoms with van der Waals surface area (Å²) < 4.78 is 15.1. The molecule has 0 unspecified atom stereocenters. The van der Waals surface area contributed by atoms with E-state index in [1.165, 1.54) is 12.1 Å². The summed E-state index contributed by atoms with van der Waals surface area (Å²) in [6.07, 6.45) is 1.77. The summed E-state index contributed by atoms with van der Waals surface area (Å²) in [7, 11) is 1.74. The molecule has 0 aliphatic heterocycles. The molecule has 3 N–H and O–H groups in total. The Kier molecular flexibility index (Phi) is 4.07. The average molecular weight is 328 g/mol. The lowest BCUT2D eigenvalue weighted by Gasteiger charge is -2.08. The van der Waals surface area contributed by atoms with Crippen molar-refractivity contribution >= 4 is 22.7 Å². The Morgan fingerprint density at radius 2 is 2.04 bits per heavy atom. The Hall–Kier alpha value is -3.09. The zero-order chi connectivity index (χ0) is 17.3. The van der Waals surface area contributed by atoms with E-state index in [0.29, 0.717) is 16.6 Å². The number of rotatable bonds is 3. The molecule has 3 aromatic rings. The van der Waals surface area contributed by atoms with Crippen LogP contribution in [0.2, 0.25) is 0 Å². The number of carbonyl (C=O) groups is 2. The van der Waals surface area contributed by atoms with Gasteiger partial charge in [-0.15, -0.1) is 0 Å². The van der Waals surface area contributed by atoms with Crippen LogP contribution in [0.3, 0.4) is 0 Å². The molecule has 24 heavy (non-hydrogen) atoms. The Morgan fingerprint density at radius 3 is 2.75 bits per heavy atom. The number of hydrogen-bond acceptors (Lipinski definition) is 2. The van der Waals surface area contributed by atoms with E-state index in [-0.39, 0.29) is 18.1 Å². The summed E-state index contributed by atoms with van der Waals surface area (Å²) in [6, 6.07) is 7.77. The lowest BCUT2D eigenvalue weighted by molar-refractivity contribution is -0.121. The molecule has 124 valence electrons. The van der Waals surface area contributed by atoms with Crippen LogP contribution in [-0.2, 0) is 18.3 Å². The van der Waals surface area contributed by atoms with Gasteiger partial charge in [-0.05, 0) is 42.8 Å². The first-order valence-corrected chi connectivity index (χ1v) is 7.43. The molecule has 0 aliphatic rings. The van der Waals surface area contributed by atoms with Crippen molar-refractivity contribution in [2.24, 2.45) is 7.05 Å². The van der Waals surface area contributed by atoms with Gasteiger partial charge in [0.25, 0.3) is 5.91 Å². The second-order valence-electron chi connectivity index (χ2n) is 5.60. The largest absolute Gasteiger partial charge is 0.358 e. The van der Waals surface area contributed by atoms with E-state index in [0.717, 1.165) is 11.2 Å². The number of fused-ring (bicyclic) bond motifs is 1. The van der Waals surface area contributed by atoms with E-state index in [4.69, 9.17) is 0 Å². The Bertz CT molecular complexity index is 926. The molecule has 3 rings (SSSR count). The maximum absolute atomic E-state index is 13.4. The number of benzene rings is 1. The van der Waals surface area contributed by atoms with E-state index >= 15 is 0 Å². The average Bonchev–Trinajstić information content (AvgIpc) is 3.09. The van der Waals surface area contributed by atoms with E-state index in [1.807, 2.05) is 6.92 Å². The van der Waals surface area contributed by atoms with Crippen LogP contribution in [0.15, 0.2) is 36.5 Å². The number of aryl methyl sites for hydroxylation is 2. The second-order valence-corrected chi connectivity index (χ2v) is 5.60. The molecule has 0 saturated carbocycles. The maximum Gasteiger partial charge on any atom is 0.286 e. The van der Waals surface area contributed by atoms with Crippen LogP contribution < -0.4 is 10.9 Å². The number of hydrazine groups is 1. The predicted molar refractivity (Wildman–Crippen MR) is 87.7 cm³/mol. The van der Waals surface area contributed by atoms with E-state index in [2.05, 4.69) is 15.8 Å². The van der Waals surface area contributed by atoms with Crippen LogP contribution in [0, 0.1) is 12.7 Å². The fraction of sp³-hybridized carbons (Fsp3) is 0.176. The first-order chi connectivity index (χ1) is 11.5. The molecule has 1 aromatic carbocycles. The third kappa shape index (κ3) is 3.01. The molecule has 2 amide bonds. The van der Waals surface area contributed by atoms with Crippen molar-refractivity contribution in [2.45, 2.75) is 13.3 Å². The summed E-state index contributed by atoms with van der Waals surface area (Å²) in [6.45, 7) is 1.82. The van der Waals surface area contributed by atoms with Crippen LogP contribution in [0.5, 0.6) is 0 Å². The minimum atomic E-state index is -0.405. The number of aromatic nitrogens is 2. The highest BCUT2D eigenvalue weighted by Crippen LogP contribution is 2.23. The molecule has 0 bridgehead atoms. The predicted octanol–water partition coefficient (Wildman–Crippen LogP) is 1.96. The molecule has 0 saturated heterocycles. The van der Waals surface area contributed by atoms with Gasteiger partial charge >= 0.3 is 0 Å². The molecule has 0 radical (unpaired) electrons. The molecule has 2 heterocycles. The number of halogens is 1. The van der Waals surface area contributed by atoms with Gasteiger partial charge in [0.15, 0.2) is 0 Å². The number of aromatic amines is 1. The molecule has 0 spiro atoms. The van der Waals surface area contributed by atoms with Crippen molar-refractivity contribution in [3.8, 4) is 0 Å². The summed E-state index contributed by atoms with van der Waals surface area (Å²) in [5.74, 6) is -1.15. The number of H-pyrrole nitrogens is 1. The van der Waals surface area contributed by atoms with Crippen molar-refractivity contribution in [3.63, 3.8) is 0 Å². The van der Waals surface area contributed by atoms with Crippen LogP contribution in [0.4, 0.5) is 4.39 Å². The number of carbonyl (C=O) groups excluding carboxylic acids is 2. The highest BCUT2D eigenvalue weighted by Gasteiger charge is 2.14. The maximum atomic E-state index is 13.4. The van der Waals surface area contributed by atoms with Crippen LogP contribution in [0.1, 0.15) is 21.7 Å². The fourth-order valence-electron chi connectivity index (χ4n) is 2.67. The SMILES string of the molecule is Cc1[nH]c2ccc(F)cc2c1CC(=O)NNC(=O)c1cccn1C. The minimum absolute atomic E-state index is 0.0305. The normalized spacial score (nSPS) is 10.8. The molecule has 0 fully saturated rings. The number of nitrogens with zero attached hydrogens (tertiary/aromatic N) is 1. The van der Waals surface area contributed by atoms with Gasteiger partial charge in [0.05, 0.1) is 6.42 Å². The number of hydrogen-bond donors (Lipinski definition) is 3. The van der Waals surface area contributed by atoms with Crippen molar-refractivity contribution < 1.29 is 14.0 Å². The fourth-order valence-corrected chi connectivity index (χ4v) is 2.67. The van der Waals surface area contributed by atoms with Gasteiger partial charge in [0, 0.05) is 29.8 Å². The lowest BCUT2D eigenvalue weighted by atomic mass is 10.1. The van der Waals surface area contributed by atoms with Gasteiger partial charge in [-0.25, -0.2) is 4.39 Å². The van der Waals surface area contributed by atoms with Gasteiger partial charge in [0.1, 0.15) is 11.5 Å². The third-order valence-electron chi connectivity index (χ3n) is 3.91. The lowest BCUT2D eigenvalue weighted by Crippen LogP contribution is -2.43. The van der Waals surface area contributed by atoms with Crippen molar-refractivity contribution in [1.29, 1.82) is 0 Å². The topological polar surface area (TPSA) is 78.9 Å². The van der Waals surface area contributed by atoms with Crippen LogP contribution >= 0.6 is 0 Å². The first kappa shape index (κ1) is 15.8. The van der Waals surface area contributed by atoms with E-state index < -0.39 is 5.91 Å². The quantitative estimate of drug-likeness (QED) is 0.643. The molecule has 0 atom stereocenters. The van der Waals surface area contributed by atoms with E-state index in [9.17, 15) is 14.0 Å². The molecule has 7 heteroatoms. The van der Waals surface area contributed by atoms with Gasteiger partial charge in [-0.3, -0.25) is 20.4 Å². The standard InChI is InChI=1S/C17H17FN4O2/c1-10-12(13-8-11(18)5-6-14(13)19-10)9-16(23)20-21-17(24)15-4-3-7-22(15)2/h3-8,19H,9H2,1-2H3,(H,20,23)(H,21,24). The van der Waals surface area contributed by atoms with Crippen molar-refractivity contribution in [3.05, 3.63) is 59.3 Å². The van der Waals surface area contributed by atoms with Crippen molar-refractivity contribution in [1.82, 2.24) is 20.4 Å². The number of nitrogens with one attached hydrogen (secondary N) is 3. The third-order valence-corrected chi connectivity index (χ3v) is 3.91. The monoisotopic (exact) mass is 328 g/mol. The summed E-state index contributed by atoms with van der Waals surface area (Å²) in [5, 5.41) is 0.663. The molecular weight excluding hydrogens is 311 g/mol. The first-order valence-electron chi connectivity index (χ1n) is 7.43. The number of amides is 2. The second kappa shape index (κ2) is 6.19. The zero-order valence-electron chi connectivity index (χ0n) is 13.3. The molecular formula is C17H17FN4O2. The van der Waals surface area contributed by atoms with Gasteiger partial charge in [0.2, 0.25) is 5.91 Å².